The molecule has 0 aliphatic carbocycles. The van der Waals surface area contributed by atoms with Crippen molar-refractivity contribution in [3.63, 3.8) is 0 Å². The van der Waals surface area contributed by atoms with E-state index in [-0.39, 0.29) is 26.8 Å². The lowest BCUT2D eigenvalue weighted by atomic mass is 9.79. The van der Waals surface area contributed by atoms with Crippen LogP contribution in [0.1, 0.15) is 38.1 Å². The van der Waals surface area contributed by atoms with Crippen LogP contribution in [0.15, 0.2) is 35.2 Å². The summed E-state index contributed by atoms with van der Waals surface area (Å²) in [4.78, 5) is 11.4. The first-order valence-electron chi connectivity index (χ1n) is 9.43. The SMILES string of the molecule is COC(=O)c1cc(Cl)cc(S(=O)(=O)Nc2cc(F)cc(B3OC(C)(C)C(C)(C)O3)c2)c1Cl. The Kier molecular flexibility index (Phi) is 6.58. The lowest BCUT2D eigenvalue weighted by Crippen LogP contribution is -2.41. The number of methoxy groups -OCH3 is 1. The van der Waals surface area contributed by atoms with Gasteiger partial charge >= 0.3 is 13.1 Å². The largest absolute Gasteiger partial charge is 0.495 e. The number of hydrogen-bond donors (Lipinski definition) is 1. The lowest BCUT2D eigenvalue weighted by molar-refractivity contribution is 0.00578. The first kappa shape index (κ1) is 24.8. The molecule has 1 aliphatic rings. The molecule has 0 bridgehead atoms. The minimum absolute atomic E-state index is 0.0488. The summed E-state index contributed by atoms with van der Waals surface area (Å²) < 4.78 is 59.0. The minimum Gasteiger partial charge on any atom is -0.465 e. The van der Waals surface area contributed by atoms with E-state index < -0.39 is 45.0 Å². The molecule has 7 nitrogen and oxygen atoms in total. The Morgan fingerprint density at radius 3 is 2.22 bits per heavy atom. The molecule has 32 heavy (non-hydrogen) atoms. The number of carbonyl (C=O) groups excluding carboxylic acids is 1. The highest BCUT2D eigenvalue weighted by Gasteiger charge is 2.51. The van der Waals surface area contributed by atoms with Crippen LogP contribution in [0.25, 0.3) is 0 Å². The van der Waals surface area contributed by atoms with Gasteiger partial charge < -0.3 is 14.0 Å². The van der Waals surface area contributed by atoms with E-state index in [0.717, 1.165) is 19.2 Å². The van der Waals surface area contributed by atoms with E-state index >= 15 is 0 Å². The summed E-state index contributed by atoms with van der Waals surface area (Å²) in [5.74, 6) is -1.56. The average molecular weight is 504 g/mol. The predicted molar refractivity (Wildman–Crippen MR) is 121 cm³/mol. The van der Waals surface area contributed by atoms with Gasteiger partial charge in [-0.2, -0.15) is 0 Å². The number of benzene rings is 2. The second kappa shape index (κ2) is 8.50. The van der Waals surface area contributed by atoms with Gasteiger partial charge in [0.25, 0.3) is 10.0 Å². The summed E-state index contributed by atoms with van der Waals surface area (Å²) in [5.41, 5.74) is -1.36. The zero-order valence-corrected chi connectivity index (χ0v) is 20.3. The smallest absolute Gasteiger partial charge is 0.465 e. The van der Waals surface area contributed by atoms with Crippen molar-refractivity contribution in [2.45, 2.75) is 43.8 Å². The fourth-order valence-corrected chi connectivity index (χ4v) is 4.95. The summed E-state index contributed by atoms with van der Waals surface area (Å²) in [6, 6.07) is 5.84. The van der Waals surface area contributed by atoms with Crippen LogP contribution in [0.3, 0.4) is 0 Å². The molecule has 2 aromatic rings. The number of carbonyl (C=O) groups is 1. The van der Waals surface area contributed by atoms with Crippen LogP contribution in [-0.4, -0.2) is 39.8 Å². The van der Waals surface area contributed by atoms with Gasteiger partial charge in [-0.3, -0.25) is 4.72 Å². The van der Waals surface area contributed by atoms with Crippen molar-refractivity contribution in [3.05, 3.63) is 51.8 Å². The molecule has 12 heteroatoms. The van der Waals surface area contributed by atoms with Gasteiger partial charge in [-0.1, -0.05) is 23.2 Å². The van der Waals surface area contributed by atoms with Crippen LogP contribution in [0.5, 0.6) is 0 Å². The number of esters is 1. The number of halogens is 3. The normalized spacial score (nSPS) is 17.3. The van der Waals surface area contributed by atoms with Crippen molar-refractivity contribution in [2.75, 3.05) is 11.8 Å². The van der Waals surface area contributed by atoms with Crippen LogP contribution in [0.4, 0.5) is 10.1 Å². The van der Waals surface area contributed by atoms with E-state index in [1.165, 1.54) is 18.2 Å². The summed E-state index contributed by atoms with van der Waals surface area (Å²) >= 11 is 12.1. The number of ether oxygens (including phenoxy) is 1. The Balaban J connectivity index is 1.98. The molecule has 1 heterocycles. The molecular weight excluding hydrogens is 483 g/mol. The van der Waals surface area contributed by atoms with Crippen molar-refractivity contribution in [2.24, 2.45) is 0 Å². The number of nitrogens with one attached hydrogen (secondary N) is 1. The summed E-state index contributed by atoms with van der Waals surface area (Å²) in [7, 11) is -4.14. The molecule has 0 spiro atoms. The van der Waals surface area contributed by atoms with Crippen LogP contribution in [-0.2, 0) is 24.1 Å². The second-order valence-electron chi connectivity index (χ2n) is 8.22. The highest BCUT2D eigenvalue weighted by Crippen LogP contribution is 2.37. The van der Waals surface area contributed by atoms with Gasteiger partial charge in [0.2, 0.25) is 0 Å². The minimum atomic E-state index is -4.36. The Bertz CT molecular complexity index is 1170. The Hall–Kier alpha value is -1.85. The maximum atomic E-state index is 14.3. The van der Waals surface area contributed by atoms with E-state index in [1.54, 1.807) is 0 Å². The summed E-state index contributed by atoms with van der Waals surface area (Å²) in [6.45, 7) is 7.37. The fraction of sp³-hybridized carbons (Fsp3) is 0.350. The maximum Gasteiger partial charge on any atom is 0.495 e. The van der Waals surface area contributed by atoms with Crippen LogP contribution >= 0.6 is 23.2 Å². The highest BCUT2D eigenvalue weighted by molar-refractivity contribution is 7.92. The van der Waals surface area contributed by atoms with Crippen molar-refractivity contribution >= 4 is 57.5 Å². The molecule has 172 valence electrons. The zero-order valence-electron chi connectivity index (χ0n) is 18.0. The first-order valence-corrected chi connectivity index (χ1v) is 11.7. The Morgan fingerprint density at radius 2 is 1.66 bits per heavy atom. The Morgan fingerprint density at radius 1 is 1.06 bits per heavy atom. The quantitative estimate of drug-likeness (QED) is 0.489. The molecule has 1 N–H and O–H groups in total. The maximum absolute atomic E-state index is 14.3. The number of rotatable bonds is 5. The third kappa shape index (κ3) is 4.74. The van der Waals surface area contributed by atoms with Crippen LogP contribution in [0.2, 0.25) is 10.0 Å². The third-order valence-corrected chi connectivity index (χ3v) is 7.54. The molecule has 1 fully saturated rings. The van der Waals surface area contributed by atoms with Crippen LogP contribution in [0, 0.1) is 5.82 Å². The predicted octanol–water partition coefficient (Wildman–Crippen LogP) is 4.02. The van der Waals surface area contributed by atoms with Gasteiger partial charge in [0.15, 0.2) is 0 Å². The van der Waals surface area contributed by atoms with E-state index in [1.807, 2.05) is 27.7 Å². The van der Waals surface area contributed by atoms with Crippen molar-refractivity contribution in [3.8, 4) is 0 Å². The molecular formula is C20H21BCl2FNO6S. The molecule has 0 atom stereocenters. The van der Waals surface area contributed by atoms with E-state index in [9.17, 15) is 17.6 Å². The monoisotopic (exact) mass is 503 g/mol. The molecule has 0 aromatic heterocycles. The van der Waals surface area contributed by atoms with Gasteiger partial charge in [-0.25, -0.2) is 17.6 Å². The lowest BCUT2D eigenvalue weighted by Gasteiger charge is -2.32. The van der Waals surface area contributed by atoms with E-state index in [2.05, 4.69) is 9.46 Å². The molecule has 2 aromatic carbocycles. The molecule has 1 aliphatic heterocycles. The topological polar surface area (TPSA) is 90.9 Å². The standard InChI is InChI=1S/C20H21BCl2FNO6S/c1-19(2)20(3,4)31-21(30-19)11-6-13(24)10-14(7-11)25-32(27,28)16-9-12(22)8-15(17(16)23)18(26)29-5/h6-10,25H,1-5H3. The second-order valence-corrected chi connectivity index (χ2v) is 10.7. The number of hydrogen-bond acceptors (Lipinski definition) is 6. The molecule has 0 radical (unpaired) electrons. The first-order chi connectivity index (χ1) is 14.7. The van der Waals surface area contributed by atoms with Crippen molar-refractivity contribution in [1.29, 1.82) is 0 Å². The van der Waals surface area contributed by atoms with Gasteiger partial charge in [0.05, 0.1) is 34.6 Å². The number of anilines is 1. The van der Waals surface area contributed by atoms with Gasteiger partial charge in [-0.05, 0) is 63.5 Å². The summed E-state index contributed by atoms with van der Waals surface area (Å²) in [5, 5.41) is -0.427. The van der Waals surface area contributed by atoms with Crippen molar-refractivity contribution in [1.82, 2.24) is 0 Å². The fourth-order valence-electron chi connectivity index (χ4n) is 3.01. The van der Waals surface area contributed by atoms with Gasteiger partial charge in [0, 0.05) is 5.02 Å². The molecule has 3 rings (SSSR count). The molecule has 0 amide bonds. The van der Waals surface area contributed by atoms with E-state index in [0.29, 0.717) is 0 Å². The van der Waals surface area contributed by atoms with Crippen LogP contribution < -0.4 is 10.2 Å². The summed E-state index contributed by atoms with van der Waals surface area (Å²) in [6.07, 6.45) is 0. The van der Waals surface area contributed by atoms with E-state index in [4.69, 9.17) is 32.5 Å². The molecule has 1 saturated heterocycles. The molecule has 0 saturated carbocycles. The zero-order chi connectivity index (χ0) is 24.1. The average Bonchev–Trinajstić information content (AvgIpc) is 2.89. The van der Waals surface area contributed by atoms with Crippen molar-refractivity contribution < 1.29 is 31.6 Å². The third-order valence-electron chi connectivity index (χ3n) is 5.40. The Labute approximate surface area is 196 Å². The number of sulfonamides is 1. The highest BCUT2D eigenvalue weighted by atomic mass is 35.5. The molecule has 0 unspecified atom stereocenters. The van der Waals surface area contributed by atoms with Gasteiger partial charge in [-0.15, -0.1) is 0 Å². The van der Waals surface area contributed by atoms with Gasteiger partial charge in [0.1, 0.15) is 10.7 Å².